The van der Waals surface area contributed by atoms with Gasteiger partial charge in [-0.1, -0.05) is 36.4 Å². The van der Waals surface area contributed by atoms with E-state index in [0.717, 1.165) is 21.7 Å². The molecule has 146 valence electrons. The average molecular weight is 388 g/mol. The molecule has 4 rings (SSSR count). The van der Waals surface area contributed by atoms with Crippen LogP contribution in [0.4, 0.5) is 11.4 Å². The number of methoxy groups -OCH3 is 1. The molecular formula is C23H20N2O4. The monoisotopic (exact) mass is 388 g/mol. The summed E-state index contributed by atoms with van der Waals surface area (Å²) in [6.45, 7) is 3.28. The summed E-state index contributed by atoms with van der Waals surface area (Å²) in [6, 6.07) is 16.9. The first-order valence-electron chi connectivity index (χ1n) is 9.15. The lowest BCUT2D eigenvalue weighted by Gasteiger charge is -2.12. The fourth-order valence-electron chi connectivity index (χ4n) is 3.43. The molecule has 0 aliphatic heterocycles. The molecule has 3 aromatic carbocycles. The zero-order chi connectivity index (χ0) is 20.5. The SMILES string of the molecule is COc1ccc(NC(C)=O)cc1NC(=O)c1oc2c(ccc3ccccc32)c1C. The van der Waals surface area contributed by atoms with Gasteiger partial charge in [-0.05, 0) is 30.5 Å². The molecule has 0 aliphatic carbocycles. The second kappa shape index (κ2) is 7.31. The van der Waals surface area contributed by atoms with E-state index in [2.05, 4.69) is 10.6 Å². The van der Waals surface area contributed by atoms with Crippen LogP contribution in [-0.4, -0.2) is 18.9 Å². The fraction of sp³-hybridized carbons (Fsp3) is 0.130. The maximum atomic E-state index is 13.0. The second-order valence-electron chi connectivity index (χ2n) is 6.77. The van der Waals surface area contributed by atoms with Crippen molar-refractivity contribution in [3.8, 4) is 5.75 Å². The quantitative estimate of drug-likeness (QED) is 0.509. The topological polar surface area (TPSA) is 80.6 Å². The van der Waals surface area contributed by atoms with Crippen LogP contribution in [0.2, 0.25) is 0 Å². The molecule has 0 saturated carbocycles. The summed E-state index contributed by atoms with van der Waals surface area (Å²) in [5, 5.41) is 8.42. The second-order valence-corrected chi connectivity index (χ2v) is 6.77. The van der Waals surface area contributed by atoms with Crippen molar-refractivity contribution in [2.45, 2.75) is 13.8 Å². The van der Waals surface area contributed by atoms with E-state index in [0.29, 0.717) is 22.7 Å². The number of furan rings is 1. The molecule has 0 fully saturated rings. The van der Waals surface area contributed by atoms with Crippen LogP contribution in [0.5, 0.6) is 5.75 Å². The molecule has 2 amide bonds. The van der Waals surface area contributed by atoms with Gasteiger partial charge in [0.05, 0.1) is 12.8 Å². The van der Waals surface area contributed by atoms with E-state index in [9.17, 15) is 9.59 Å². The highest BCUT2D eigenvalue weighted by Crippen LogP contribution is 2.33. The number of rotatable bonds is 4. The van der Waals surface area contributed by atoms with Crippen LogP contribution in [0.3, 0.4) is 0 Å². The molecule has 1 heterocycles. The zero-order valence-corrected chi connectivity index (χ0v) is 16.3. The predicted octanol–water partition coefficient (Wildman–Crippen LogP) is 5.11. The van der Waals surface area contributed by atoms with E-state index < -0.39 is 0 Å². The molecule has 6 nitrogen and oxygen atoms in total. The molecule has 0 atom stereocenters. The van der Waals surface area contributed by atoms with Gasteiger partial charge in [-0.3, -0.25) is 9.59 Å². The molecule has 29 heavy (non-hydrogen) atoms. The van der Waals surface area contributed by atoms with E-state index in [1.54, 1.807) is 18.2 Å². The van der Waals surface area contributed by atoms with Gasteiger partial charge in [-0.25, -0.2) is 0 Å². The van der Waals surface area contributed by atoms with Gasteiger partial charge in [0, 0.05) is 28.9 Å². The molecule has 0 radical (unpaired) electrons. The predicted molar refractivity (Wildman–Crippen MR) is 114 cm³/mol. The van der Waals surface area contributed by atoms with Gasteiger partial charge in [0.25, 0.3) is 5.91 Å². The Morgan fingerprint density at radius 2 is 1.76 bits per heavy atom. The Hall–Kier alpha value is -3.80. The summed E-state index contributed by atoms with van der Waals surface area (Å²) >= 11 is 0. The van der Waals surface area contributed by atoms with Crippen molar-refractivity contribution in [1.29, 1.82) is 0 Å². The van der Waals surface area contributed by atoms with Crippen molar-refractivity contribution in [2.75, 3.05) is 17.7 Å². The highest BCUT2D eigenvalue weighted by atomic mass is 16.5. The highest BCUT2D eigenvalue weighted by molar-refractivity contribution is 6.12. The molecule has 0 unspecified atom stereocenters. The number of amides is 2. The normalized spacial score (nSPS) is 10.9. The summed E-state index contributed by atoms with van der Waals surface area (Å²) in [5.74, 6) is 0.128. The number of carbonyl (C=O) groups excluding carboxylic acids is 2. The van der Waals surface area contributed by atoms with Crippen LogP contribution in [0.25, 0.3) is 21.7 Å². The molecule has 0 saturated heterocycles. The Bertz CT molecular complexity index is 1260. The smallest absolute Gasteiger partial charge is 0.291 e. The lowest BCUT2D eigenvalue weighted by atomic mass is 10.1. The minimum Gasteiger partial charge on any atom is -0.495 e. The van der Waals surface area contributed by atoms with Gasteiger partial charge in [0.2, 0.25) is 5.91 Å². The molecule has 4 aromatic rings. The van der Waals surface area contributed by atoms with Gasteiger partial charge in [0.1, 0.15) is 11.3 Å². The number of ether oxygens (including phenoxy) is 1. The summed E-state index contributed by atoms with van der Waals surface area (Å²) in [6.07, 6.45) is 0. The largest absolute Gasteiger partial charge is 0.495 e. The first kappa shape index (κ1) is 18.6. The van der Waals surface area contributed by atoms with Gasteiger partial charge in [-0.15, -0.1) is 0 Å². The van der Waals surface area contributed by atoms with Crippen molar-refractivity contribution >= 4 is 44.9 Å². The Labute approximate surface area is 167 Å². The number of fused-ring (bicyclic) bond motifs is 3. The Kier molecular flexibility index (Phi) is 4.68. The molecule has 0 bridgehead atoms. The third-order valence-corrected chi connectivity index (χ3v) is 4.80. The lowest BCUT2D eigenvalue weighted by molar-refractivity contribution is -0.114. The maximum absolute atomic E-state index is 13.0. The lowest BCUT2D eigenvalue weighted by Crippen LogP contribution is -2.13. The van der Waals surface area contributed by atoms with E-state index >= 15 is 0 Å². The van der Waals surface area contributed by atoms with Gasteiger partial charge < -0.3 is 19.8 Å². The van der Waals surface area contributed by atoms with E-state index in [4.69, 9.17) is 9.15 Å². The van der Waals surface area contributed by atoms with Crippen LogP contribution in [0, 0.1) is 6.92 Å². The van der Waals surface area contributed by atoms with Gasteiger partial charge in [0.15, 0.2) is 5.76 Å². The molecule has 0 aliphatic rings. The number of aryl methyl sites for hydroxylation is 1. The summed E-state index contributed by atoms with van der Waals surface area (Å²) < 4.78 is 11.3. The number of benzene rings is 3. The molecule has 6 heteroatoms. The summed E-state index contributed by atoms with van der Waals surface area (Å²) in [5.41, 5.74) is 2.44. The third-order valence-electron chi connectivity index (χ3n) is 4.80. The number of hydrogen-bond donors (Lipinski definition) is 2. The van der Waals surface area contributed by atoms with Crippen LogP contribution in [0.1, 0.15) is 23.0 Å². The van der Waals surface area contributed by atoms with Crippen molar-refractivity contribution in [3.63, 3.8) is 0 Å². The van der Waals surface area contributed by atoms with Crippen molar-refractivity contribution in [2.24, 2.45) is 0 Å². The van der Waals surface area contributed by atoms with Crippen molar-refractivity contribution < 1.29 is 18.7 Å². The minimum absolute atomic E-state index is 0.201. The average Bonchev–Trinajstić information content (AvgIpc) is 3.05. The zero-order valence-electron chi connectivity index (χ0n) is 16.3. The van der Waals surface area contributed by atoms with Crippen molar-refractivity contribution in [1.82, 2.24) is 0 Å². The first-order valence-corrected chi connectivity index (χ1v) is 9.15. The highest BCUT2D eigenvalue weighted by Gasteiger charge is 2.20. The molecule has 0 spiro atoms. The number of hydrogen-bond acceptors (Lipinski definition) is 4. The van der Waals surface area contributed by atoms with Crippen LogP contribution >= 0.6 is 0 Å². The fourth-order valence-corrected chi connectivity index (χ4v) is 3.43. The summed E-state index contributed by atoms with van der Waals surface area (Å²) in [4.78, 5) is 24.3. The Morgan fingerprint density at radius 1 is 0.966 bits per heavy atom. The first-order chi connectivity index (χ1) is 14.0. The number of carbonyl (C=O) groups is 2. The number of anilines is 2. The van der Waals surface area contributed by atoms with E-state index in [1.165, 1.54) is 14.0 Å². The van der Waals surface area contributed by atoms with E-state index in [-0.39, 0.29) is 17.6 Å². The standard InChI is InChI=1S/C23H20N2O4/c1-13-17-10-8-15-6-4-5-7-18(15)22(17)29-21(13)23(27)25-19-12-16(24-14(2)26)9-11-20(19)28-3/h4-12H,1-3H3,(H,24,26)(H,25,27). The van der Waals surface area contributed by atoms with Crippen molar-refractivity contribution in [3.05, 3.63) is 65.9 Å². The van der Waals surface area contributed by atoms with Crippen LogP contribution in [0.15, 0.2) is 59.0 Å². The molecular weight excluding hydrogens is 368 g/mol. The summed E-state index contributed by atoms with van der Waals surface area (Å²) in [7, 11) is 1.52. The van der Waals surface area contributed by atoms with Crippen LogP contribution < -0.4 is 15.4 Å². The van der Waals surface area contributed by atoms with E-state index in [1.807, 2.05) is 43.3 Å². The maximum Gasteiger partial charge on any atom is 0.291 e. The van der Waals surface area contributed by atoms with Crippen LogP contribution in [-0.2, 0) is 4.79 Å². The third kappa shape index (κ3) is 3.40. The van der Waals surface area contributed by atoms with Gasteiger partial charge in [-0.2, -0.15) is 0 Å². The number of nitrogens with one attached hydrogen (secondary N) is 2. The minimum atomic E-state index is -0.388. The molecule has 1 aromatic heterocycles. The molecule has 2 N–H and O–H groups in total. The van der Waals surface area contributed by atoms with Gasteiger partial charge >= 0.3 is 0 Å². The Balaban J connectivity index is 1.74. The Morgan fingerprint density at radius 3 is 2.52 bits per heavy atom.